The molecular formula is C13H17NO2S. The third kappa shape index (κ3) is 3.98. The van der Waals surface area contributed by atoms with Crippen molar-refractivity contribution in [2.45, 2.75) is 25.4 Å². The van der Waals surface area contributed by atoms with Crippen LogP contribution in [0.2, 0.25) is 0 Å². The molecule has 1 aliphatic heterocycles. The Kier molecular flexibility index (Phi) is 4.34. The summed E-state index contributed by atoms with van der Waals surface area (Å²) in [6.45, 7) is 1.59. The van der Waals surface area contributed by atoms with Crippen LogP contribution < -0.4 is 10.5 Å². The van der Waals surface area contributed by atoms with E-state index in [2.05, 4.69) is 0 Å². The molecule has 0 spiro atoms. The topological polar surface area (TPSA) is 44.5 Å². The van der Waals surface area contributed by atoms with Gasteiger partial charge in [0.1, 0.15) is 11.9 Å². The van der Waals surface area contributed by atoms with Gasteiger partial charge in [0, 0.05) is 19.3 Å². The zero-order valence-electron chi connectivity index (χ0n) is 9.72. The molecule has 0 atom stereocenters. The molecule has 92 valence electrons. The van der Waals surface area contributed by atoms with E-state index in [9.17, 15) is 0 Å². The number of benzene rings is 1. The van der Waals surface area contributed by atoms with Crippen LogP contribution in [0.3, 0.4) is 0 Å². The van der Waals surface area contributed by atoms with Crippen LogP contribution in [0.25, 0.3) is 0 Å². The predicted molar refractivity (Wildman–Crippen MR) is 71.4 cm³/mol. The molecule has 0 radical (unpaired) electrons. The van der Waals surface area contributed by atoms with Crippen LogP contribution in [0.4, 0.5) is 0 Å². The predicted octanol–water partition coefficient (Wildman–Crippen LogP) is 2.07. The summed E-state index contributed by atoms with van der Waals surface area (Å²) in [5.74, 6) is 0.906. The average Bonchev–Trinajstić information content (AvgIpc) is 2.32. The highest BCUT2D eigenvalue weighted by molar-refractivity contribution is 7.80. The van der Waals surface area contributed by atoms with E-state index >= 15 is 0 Å². The second-order valence-electron chi connectivity index (χ2n) is 4.22. The van der Waals surface area contributed by atoms with Crippen molar-refractivity contribution in [1.82, 2.24) is 0 Å². The zero-order chi connectivity index (χ0) is 12.1. The summed E-state index contributed by atoms with van der Waals surface area (Å²) in [6, 6.07) is 7.97. The SMILES string of the molecule is NC(=S)Cc1ccc(OC2CCOCC2)cc1. The van der Waals surface area contributed by atoms with Crippen molar-refractivity contribution in [3.8, 4) is 5.75 Å². The van der Waals surface area contributed by atoms with Crippen LogP contribution in [0, 0.1) is 0 Å². The molecule has 1 saturated heterocycles. The van der Waals surface area contributed by atoms with Gasteiger partial charge < -0.3 is 15.2 Å². The Balaban J connectivity index is 1.90. The van der Waals surface area contributed by atoms with Gasteiger partial charge in [-0.2, -0.15) is 0 Å². The highest BCUT2D eigenvalue weighted by Crippen LogP contribution is 2.18. The summed E-state index contributed by atoms with van der Waals surface area (Å²) >= 11 is 4.87. The molecule has 3 nitrogen and oxygen atoms in total. The molecule has 17 heavy (non-hydrogen) atoms. The van der Waals surface area contributed by atoms with Gasteiger partial charge in [-0.05, 0) is 17.7 Å². The van der Waals surface area contributed by atoms with Crippen LogP contribution in [-0.4, -0.2) is 24.3 Å². The quantitative estimate of drug-likeness (QED) is 0.832. The molecule has 0 saturated carbocycles. The molecule has 2 rings (SSSR count). The molecule has 1 heterocycles. The van der Waals surface area contributed by atoms with E-state index in [-0.39, 0.29) is 6.10 Å². The van der Waals surface area contributed by atoms with E-state index in [0.29, 0.717) is 11.4 Å². The van der Waals surface area contributed by atoms with E-state index in [4.69, 9.17) is 27.4 Å². The van der Waals surface area contributed by atoms with E-state index in [0.717, 1.165) is 37.4 Å². The van der Waals surface area contributed by atoms with Crippen molar-refractivity contribution < 1.29 is 9.47 Å². The fraction of sp³-hybridized carbons (Fsp3) is 0.462. The van der Waals surface area contributed by atoms with Crippen LogP contribution >= 0.6 is 12.2 Å². The maximum Gasteiger partial charge on any atom is 0.119 e. The van der Waals surface area contributed by atoms with Gasteiger partial charge in [0.25, 0.3) is 0 Å². The molecule has 0 amide bonds. The second-order valence-corrected chi connectivity index (χ2v) is 4.74. The monoisotopic (exact) mass is 251 g/mol. The highest BCUT2D eigenvalue weighted by Gasteiger charge is 2.14. The summed E-state index contributed by atoms with van der Waals surface area (Å²) < 4.78 is 11.2. The number of rotatable bonds is 4. The number of nitrogens with two attached hydrogens (primary N) is 1. The smallest absolute Gasteiger partial charge is 0.119 e. The van der Waals surface area contributed by atoms with Gasteiger partial charge in [0.15, 0.2) is 0 Å². The molecular weight excluding hydrogens is 234 g/mol. The van der Waals surface area contributed by atoms with Crippen molar-refractivity contribution in [3.63, 3.8) is 0 Å². The Labute approximate surface area is 107 Å². The Morgan fingerprint density at radius 1 is 1.29 bits per heavy atom. The molecule has 1 aliphatic rings. The Bertz CT molecular complexity index is 372. The number of ether oxygens (including phenoxy) is 2. The third-order valence-electron chi connectivity index (χ3n) is 2.77. The molecule has 4 heteroatoms. The number of hydrogen-bond donors (Lipinski definition) is 1. The highest BCUT2D eigenvalue weighted by atomic mass is 32.1. The van der Waals surface area contributed by atoms with E-state index < -0.39 is 0 Å². The van der Waals surface area contributed by atoms with Gasteiger partial charge in [0.05, 0.1) is 18.2 Å². The average molecular weight is 251 g/mol. The van der Waals surface area contributed by atoms with Gasteiger partial charge in [-0.15, -0.1) is 0 Å². The molecule has 0 aliphatic carbocycles. The van der Waals surface area contributed by atoms with Crippen molar-refractivity contribution in [2.75, 3.05) is 13.2 Å². The van der Waals surface area contributed by atoms with E-state index in [1.54, 1.807) is 0 Å². The molecule has 1 fully saturated rings. The summed E-state index contributed by atoms with van der Waals surface area (Å²) in [5, 5.41) is 0. The minimum absolute atomic E-state index is 0.283. The molecule has 0 aromatic heterocycles. The lowest BCUT2D eigenvalue weighted by Crippen LogP contribution is -2.25. The van der Waals surface area contributed by atoms with Crippen LogP contribution in [-0.2, 0) is 11.2 Å². The fourth-order valence-electron chi connectivity index (χ4n) is 1.87. The molecule has 0 bridgehead atoms. The lowest BCUT2D eigenvalue weighted by molar-refractivity contribution is 0.0255. The van der Waals surface area contributed by atoms with Gasteiger partial charge in [0.2, 0.25) is 0 Å². The first-order valence-corrected chi connectivity index (χ1v) is 6.26. The summed E-state index contributed by atoms with van der Waals surface area (Å²) in [5.41, 5.74) is 6.62. The minimum atomic E-state index is 0.283. The molecule has 0 unspecified atom stereocenters. The van der Waals surface area contributed by atoms with Crippen LogP contribution in [0.15, 0.2) is 24.3 Å². The van der Waals surface area contributed by atoms with Gasteiger partial charge >= 0.3 is 0 Å². The van der Waals surface area contributed by atoms with Crippen molar-refractivity contribution in [2.24, 2.45) is 5.73 Å². The second kappa shape index (κ2) is 5.98. The first-order valence-electron chi connectivity index (χ1n) is 5.85. The number of hydrogen-bond acceptors (Lipinski definition) is 3. The van der Waals surface area contributed by atoms with Gasteiger partial charge in [-0.3, -0.25) is 0 Å². The van der Waals surface area contributed by atoms with Crippen LogP contribution in [0.5, 0.6) is 5.75 Å². The molecule has 1 aromatic rings. The normalized spacial score (nSPS) is 16.7. The first kappa shape index (κ1) is 12.3. The maximum absolute atomic E-state index is 5.87. The molecule has 1 aromatic carbocycles. The van der Waals surface area contributed by atoms with Gasteiger partial charge in [-0.25, -0.2) is 0 Å². The Morgan fingerprint density at radius 3 is 2.53 bits per heavy atom. The van der Waals surface area contributed by atoms with E-state index in [1.807, 2.05) is 24.3 Å². The lowest BCUT2D eigenvalue weighted by atomic mass is 10.1. The lowest BCUT2D eigenvalue weighted by Gasteiger charge is -2.23. The third-order valence-corrected chi connectivity index (χ3v) is 2.92. The Morgan fingerprint density at radius 2 is 1.94 bits per heavy atom. The van der Waals surface area contributed by atoms with Crippen molar-refractivity contribution >= 4 is 17.2 Å². The minimum Gasteiger partial charge on any atom is -0.490 e. The maximum atomic E-state index is 5.87. The van der Waals surface area contributed by atoms with Crippen molar-refractivity contribution in [3.05, 3.63) is 29.8 Å². The number of thiocarbonyl (C=S) groups is 1. The summed E-state index contributed by atoms with van der Waals surface area (Å²) in [6.07, 6.45) is 2.86. The standard InChI is InChI=1S/C13H17NO2S/c14-13(17)9-10-1-3-11(4-2-10)16-12-5-7-15-8-6-12/h1-4,12H,5-9H2,(H2,14,17). The summed E-state index contributed by atoms with van der Waals surface area (Å²) in [4.78, 5) is 0.517. The largest absolute Gasteiger partial charge is 0.490 e. The van der Waals surface area contributed by atoms with Crippen LogP contribution in [0.1, 0.15) is 18.4 Å². The fourth-order valence-corrected chi connectivity index (χ4v) is 2.04. The van der Waals surface area contributed by atoms with E-state index in [1.165, 1.54) is 0 Å². The summed E-state index contributed by atoms with van der Waals surface area (Å²) in [7, 11) is 0. The zero-order valence-corrected chi connectivity index (χ0v) is 10.5. The first-order chi connectivity index (χ1) is 8.24. The Hall–Kier alpha value is -1.13. The van der Waals surface area contributed by atoms with Crippen molar-refractivity contribution in [1.29, 1.82) is 0 Å². The van der Waals surface area contributed by atoms with Gasteiger partial charge in [-0.1, -0.05) is 24.4 Å². The molecule has 2 N–H and O–H groups in total.